The van der Waals surface area contributed by atoms with Crippen molar-refractivity contribution in [2.24, 2.45) is 5.73 Å². The van der Waals surface area contributed by atoms with Gasteiger partial charge in [-0.3, -0.25) is 4.79 Å². The van der Waals surface area contributed by atoms with E-state index in [1.807, 2.05) is 37.3 Å². The number of amides is 1. The second-order valence-electron chi connectivity index (χ2n) is 5.32. The lowest BCUT2D eigenvalue weighted by molar-refractivity contribution is -0.126. The van der Waals surface area contributed by atoms with Crippen molar-refractivity contribution < 1.29 is 9.18 Å². The molecule has 0 fully saturated rings. The second kappa shape index (κ2) is 6.06. The molecule has 0 saturated carbocycles. The molecule has 0 aliphatic rings. The second-order valence-corrected chi connectivity index (χ2v) is 5.32. The predicted molar refractivity (Wildman–Crippen MR) is 80.9 cm³/mol. The fourth-order valence-corrected chi connectivity index (χ4v) is 2.10. The van der Waals surface area contributed by atoms with Gasteiger partial charge in [0.1, 0.15) is 11.4 Å². The number of rotatable bonds is 4. The lowest BCUT2D eigenvalue weighted by Crippen LogP contribution is -2.49. The monoisotopic (exact) mass is 286 g/mol. The van der Waals surface area contributed by atoms with Gasteiger partial charge < -0.3 is 11.1 Å². The summed E-state index contributed by atoms with van der Waals surface area (Å²) in [5.74, 6) is -0.573. The van der Waals surface area contributed by atoms with Gasteiger partial charge in [0.25, 0.3) is 0 Å². The topological polar surface area (TPSA) is 55.1 Å². The van der Waals surface area contributed by atoms with E-state index in [1.54, 1.807) is 19.1 Å². The number of hydrogen-bond acceptors (Lipinski definition) is 2. The molecule has 2 aromatic carbocycles. The summed E-state index contributed by atoms with van der Waals surface area (Å²) in [6.07, 6.45) is 0. The smallest absolute Gasteiger partial charge is 0.244 e. The number of carbonyl (C=O) groups excluding carboxylic acids is 1. The molecule has 1 unspecified atom stereocenters. The van der Waals surface area contributed by atoms with Crippen molar-refractivity contribution >= 4 is 5.91 Å². The third-order valence-corrected chi connectivity index (χ3v) is 3.56. The molecule has 0 aromatic heterocycles. The van der Waals surface area contributed by atoms with Crippen LogP contribution in [0, 0.1) is 5.82 Å². The van der Waals surface area contributed by atoms with Gasteiger partial charge in [0.15, 0.2) is 0 Å². The van der Waals surface area contributed by atoms with Crippen molar-refractivity contribution in [1.82, 2.24) is 5.32 Å². The van der Waals surface area contributed by atoms with Gasteiger partial charge in [0.05, 0.1) is 6.04 Å². The highest BCUT2D eigenvalue weighted by Crippen LogP contribution is 2.20. The molecule has 2 atom stereocenters. The maximum Gasteiger partial charge on any atom is 0.244 e. The molecule has 3 N–H and O–H groups in total. The average molecular weight is 286 g/mol. The van der Waals surface area contributed by atoms with E-state index in [2.05, 4.69) is 5.32 Å². The SMILES string of the molecule is C[C@H](NC(=O)C(C)(N)c1ccccc1)c1ccc(F)cc1. The van der Waals surface area contributed by atoms with Crippen molar-refractivity contribution in [2.75, 3.05) is 0 Å². The van der Waals surface area contributed by atoms with Gasteiger partial charge in [-0.15, -0.1) is 0 Å². The molecule has 110 valence electrons. The first-order valence-electron chi connectivity index (χ1n) is 6.82. The van der Waals surface area contributed by atoms with Gasteiger partial charge in [-0.25, -0.2) is 4.39 Å². The summed E-state index contributed by atoms with van der Waals surface area (Å²) in [4.78, 5) is 12.4. The van der Waals surface area contributed by atoms with Crippen LogP contribution in [0.3, 0.4) is 0 Å². The molecule has 0 heterocycles. The highest BCUT2D eigenvalue weighted by atomic mass is 19.1. The molecule has 2 rings (SSSR count). The predicted octanol–water partition coefficient (Wildman–Crippen LogP) is 2.88. The van der Waals surface area contributed by atoms with Crippen molar-refractivity contribution in [3.8, 4) is 0 Å². The maximum absolute atomic E-state index is 12.9. The summed E-state index contributed by atoms with van der Waals surface area (Å²) in [5.41, 5.74) is 6.62. The van der Waals surface area contributed by atoms with E-state index in [9.17, 15) is 9.18 Å². The Morgan fingerprint density at radius 3 is 2.29 bits per heavy atom. The molecule has 0 radical (unpaired) electrons. The van der Waals surface area contributed by atoms with Crippen molar-refractivity contribution in [3.05, 3.63) is 71.5 Å². The largest absolute Gasteiger partial charge is 0.348 e. The number of carbonyl (C=O) groups is 1. The van der Waals surface area contributed by atoms with Gasteiger partial charge in [0, 0.05) is 0 Å². The van der Waals surface area contributed by atoms with Crippen molar-refractivity contribution in [3.63, 3.8) is 0 Å². The molecule has 1 amide bonds. The summed E-state index contributed by atoms with van der Waals surface area (Å²) in [6.45, 7) is 3.52. The highest BCUT2D eigenvalue weighted by molar-refractivity contribution is 5.87. The van der Waals surface area contributed by atoms with Crippen LogP contribution in [0.2, 0.25) is 0 Å². The number of nitrogens with one attached hydrogen (secondary N) is 1. The summed E-state index contributed by atoms with van der Waals surface area (Å²) >= 11 is 0. The standard InChI is InChI=1S/C17H19FN2O/c1-12(13-8-10-15(18)11-9-13)20-16(21)17(2,19)14-6-4-3-5-7-14/h3-12H,19H2,1-2H3,(H,20,21)/t12-,17?/m0/s1. The zero-order valence-corrected chi connectivity index (χ0v) is 12.1. The van der Waals surface area contributed by atoms with Crippen LogP contribution in [-0.4, -0.2) is 5.91 Å². The zero-order chi connectivity index (χ0) is 15.5. The van der Waals surface area contributed by atoms with Crippen LogP contribution >= 0.6 is 0 Å². The van der Waals surface area contributed by atoms with Crippen LogP contribution < -0.4 is 11.1 Å². The number of hydrogen-bond donors (Lipinski definition) is 2. The minimum absolute atomic E-state index is 0.246. The van der Waals surface area contributed by atoms with Crippen molar-refractivity contribution in [1.29, 1.82) is 0 Å². The van der Waals surface area contributed by atoms with Crippen LogP contribution in [0.25, 0.3) is 0 Å². The van der Waals surface area contributed by atoms with E-state index in [-0.39, 0.29) is 17.8 Å². The molecule has 2 aromatic rings. The summed E-state index contributed by atoms with van der Waals surface area (Å²) < 4.78 is 12.9. The Hall–Kier alpha value is -2.20. The van der Waals surface area contributed by atoms with Crippen molar-refractivity contribution in [2.45, 2.75) is 25.4 Å². The van der Waals surface area contributed by atoms with Crippen LogP contribution in [0.15, 0.2) is 54.6 Å². The molecular weight excluding hydrogens is 267 g/mol. The normalized spacial score (nSPS) is 15.0. The molecule has 4 heteroatoms. The lowest BCUT2D eigenvalue weighted by atomic mass is 9.91. The molecule has 3 nitrogen and oxygen atoms in total. The Morgan fingerprint density at radius 2 is 1.71 bits per heavy atom. The molecule has 0 aliphatic heterocycles. The molecule has 0 saturated heterocycles. The first-order valence-corrected chi connectivity index (χ1v) is 6.82. The van der Waals surface area contributed by atoms with E-state index in [4.69, 9.17) is 5.73 Å². The summed E-state index contributed by atoms with van der Waals surface area (Å²) in [6, 6.07) is 15.0. The Kier molecular flexibility index (Phi) is 4.38. The van der Waals surface area contributed by atoms with E-state index in [0.29, 0.717) is 0 Å². The third kappa shape index (κ3) is 3.47. The first-order chi connectivity index (χ1) is 9.91. The van der Waals surface area contributed by atoms with Crippen LogP contribution in [0.5, 0.6) is 0 Å². The van der Waals surface area contributed by atoms with Crippen LogP contribution in [0.1, 0.15) is 31.0 Å². The van der Waals surface area contributed by atoms with Gasteiger partial charge in [-0.1, -0.05) is 42.5 Å². The quantitative estimate of drug-likeness (QED) is 0.908. The first kappa shape index (κ1) is 15.2. The minimum Gasteiger partial charge on any atom is -0.348 e. The average Bonchev–Trinajstić information content (AvgIpc) is 2.48. The van der Waals surface area contributed by atoms with E-state index in [1.165, 1.54) is 12.1 Å². The Labute approximate surface area is 124 Å². The number of halogens is 1. The van der Waals surface area contributed by atoms with Gasteiger partial charge in [-0.2, -0.15) is 0 Å². The number of nitrogens with two attached hydrogens (primary N) is 1. The van der Waals surface area contributed by atoms with Crippen LogP contribution in [0.4, 0.5) is 4.39 Å². The maximum atomic E-state index is 12.9. The fraction of sp³-hybridized carbons (Fsp3) is 0.235. The lowest BCUT2D eigenvalue weighted by Gasteiger charge is -2.26. The van der Waals surface area contributed by atoms with E-state index >= 15 is 0 Å². The Bertz CT molecular complexity index is 608. The van der Waals surface area contributed by atoms with E-state index < -0.39 is 5.54 Å². The molecule has 0 spiro atoms. The molecular formula is C17H19FN2O. The fourth-order valence-electron chi connectivity index (χ4n) is 2.10. The van der Waals surface area contributed by atoms with Gasteiger partial charge >= 0.3 is 0 Å². The molecule has 21 heavy (non-hydrogen) atoms. The Morgan fingerprint density at radius 1 is 1.14 bits per heavy atom. The molecule has 0 aliphatic carbocycles. The number of benzene rings is 2. The molecule has 0 bridgehead atoms. The highest BCUT2D eigenvalue weighted by Gasteiger charge is 2.31. The third-order valence-electron chi connectivity index (χ3n) is 3.56. The van der Waals surface area contributed by atoms with E-state index in [0.717, 1.165) is 11.1 Å². The summed E-state index contributed by atoms with van der Waals surface area (Å²) in [5, 5.41) is 2.87. The minimum atomic E-state index is -1.12. The van der Waals surface area contributed by atoms with Crippen LogP contribution in [-0.2, 0) is 10.3 Å². The zero-order valence-electron chi connectivity index (χ0n) is 12.1. The Balaban J connectivity index is 2.12. The summed E-state index contributed by atoms with van der Waals surface area (Å²) in [7, 11) is 0. The van der Waals surface area contributed by atoms with Gasteiger partial charge in [-0.05, 0) is 37.1 Å². The van der Waals surface area contributed by atoms with Gasteiger partial charge in [0.2, 0.25) is 5.91 Å².